The molecular weight excluding hydrogens is 284 g/mol. The molecule has 0 saturated carbocycles. The SMILES string of the molecule is COC(=O)C(O)Cc1ccc(C(C)(C)C)cc1O[Si](C)C. The Morgan fingerprint density at radius 3 is 2.43 bits per heavy atom. The fourth-order valence-corrected chi connectivity index (χ4v) is 2.56. The van der Waals surface area contributed by atoms with Gasteiger partial charge in [0.05, 0.1) is 7.11 Å². The van der Waals surface area contributed by atoms with E-state index in [0.717, 1.165) is 16.9 Å². The molecule has 0 aliphatic rings. The normalized spacial score (nSPS) is 13.1. The van der Waals surface area contributed by atoms with Crippen LogP contribution in [0.25, 0.3) is 0 Å². The number of carbonyl (C=O) groups excluding carboxylic acids is 1. The van der Waals surface area contributed by atoms with E-state index >= 15 is 0 Å². The van der Waals surface area contributed by atoms with E-state index in [4.69, 9.17) is 4.43 Å². The minimum atomic E-state index is -1.16. The van der Waals surface area contributed by atoms with Crippen LogP contribution in [0.4, 0.5) is 0 Å². The molecule has 0 saturated heterocycles. The Kier molecular flexibility index (Phi) is 5.98. The molecule has 0 bridgehead atoms. The number of ether oxygens (including phenoxy) is 1. The van der Waals surface area contributed by atoms with Crippen LogP contribution in [0.5, 0.6) is 5.75 Å². The van der Waals surface area contributed by atoms with Crippen LogP contribution in [-0.2, 0) is 21.4 Å². The van der Waals surface area contributed by atoms with Crippen LogP contribution in [0, 0.1) is 0 Å². The second-order valence-electron chi connectivity index (χ2n) is 6.33. The highest BCUT2D eigenvalue weighted by atomic mass is 28.3. The van der Waals surface area contributed by atoms with E-state index in [1.807, 2.05) is 18.2 Å². The highest BCUT2D eigenvalue weighted by molar-refractivity contribution is 6.49. The average molecular weight is 309 g/mol. The second kappa shape index (κ2) is 7.09. The van der Waals surface area contributed by atoms with Crippen molar-refractivity contribution >= 4 is 15.0 Å². The standard InChI is InChI=1S/C16H25O4Si/c1-16(2,3)12-8-7-11(9-13(17)15(18)19-4)14(10-12)20-21(5)6/h7-8,10,13,17H,9H2,1-6H3. The van der Waals surface area contributed by atoms with E-state index in [1.54, 1.807) is 0 Å². The minimum absolute atomic E-state index is 0.0198. The lowest BCUT2D eigenvalue weighted by molar-refractivity contribution is -0.150. The lowest BCUT2D eigenvalue weighted by Gasteiger charge is -2.23. The summed E-state index contributed by atoms with van der Waals surface area (Å²) in [6.07, 6.45) is -0.969. The molecule has 0 aliphatic heterocycles. The van der Waals surface area contributed by atoms with Gasteiger partial charge < -0.3 is 14.3 Å². The van der Waals surface area contributed by atoms with Gasteiger partial charge in [0.1, 0.15) is 5.75 Å². The first kappa shape index (κ1) is 17.7. The minimum Gasteiger partial charge on any atom is -0.542 e. The first-order valence-electron chi connectivity index (χ1n) is 7.02. The van der Waals surface area contributed by atoms with Gasteiger partial charge in [0.2, 0.25) is 0 Å². The van der Waals surface area contributed by atoms with Crippen molar-refractivity contribution in [2.45, 2.75) is 51.8 Å². The summed E-state index contributed by atoms with van der Waals surface area (Å²) in [7, 11) is 0.340. The number of rotatable bonds is 5. The molecule has 0 amide bonds. The van der Waals surface area contributed by atoms with Gasteiger partial charge in [-0.3, -0.25) is 0 Å². The Morgan fingerprint density at radius 2 is 1.95 bits per heavy atom. The summed E-state index contributed by atoms with van der Waals surface area (Å²) in [6, 6.07) is 5.95. The summed E-state index contributed by atoms with van der Waals surface area (Å²) in [6.45, 7) is 10.5. The number of aliphatic hydroxyl groups is 1. The first-order valence-corrected chi connectivity index (χ1v) is 9.43. The molecule has 117 valence electrons. The van der Waals surface area contributed by atoms with Crippen molar-refractivity contribution in [1.82, 2.24) is 0 Å². The largest absolute Gasteiger partial charge is 0.542 e. The number of aliphatic hydroxyl groups excluding tert-OH is 1. The Hall–Kier alpha value is -1.33. The van der Waals surface area contributed by atoms with E-state index in [2.05, 4.69) is 38.6 Å². The summed E-state index contributed by atoms with van der Waals surface area (Å²) in [5, 5.41) is 9.84. The first-order chi connectivity index (χ1) is 9.65. The van der Waals surface area contributed by atoms with Gasteiger partial charge in [0, 0.05) is 6.42 Å². The van der Waals surface area contributed by atoms with Crippen molar-refractivity contribution in [3.63, 3.8) is 0 Å². The topological polar surface area (TPSA) is 55.8 Å². The fraction of sp³-hybridized carbons (Fsp3) is 0.562. The summed E-state index contributed by atoms with van der Waals surface area (Å²) < 4.78 is 10.5. The average Bonchev–Trinajstić information content (AvgIpc) is 2.37. The molecule has 5 heteroatoms. The van der Waals surface area contributed by atoms with Crippen LogP contribution >= 0.6 is 0 Å². The Labute approximate surface area is 128 Å². The highest BCUT2D eigenvalue weighted by Crippen LogP contribution is 2.29. The molecule has 0 aliphatic carbocycles. The third-order valence-corrected chi connectivity index (χ3v) is 3.76. The van der Waals surface area contributed by atoms with Crippen molar-refractivity contribution in [3.05, 3.63) is 29.3 Å². The maximum Gasteiger partial charge on any atom is 0.335 e. The van der Waals surface area contributed by atoms with Crippen molar-refractivity contribution in [1.29, 1.82) is 0 Å². The van der Waals surface area contributed by atoms with E-state index in [-0.39, 0.29) is 11.8 Å². The van der Waals surface area contributed by atoms with Crippen molar-refractivity contribution in [2.75, 3.05) is 7.11 Å². The Morgan fingerprint density at radius 1 is 1.33 bits per heavy atom. The van der Waals surface area contributed by atoms with Crippen LogP contribution in [-0.4, -0.2) is 33.3 Å². The lowest BCUT2D eigenvalue weighted by atomic mass is 9.86. The van der Waals surface area contributed by atoms with Crippen molar-refractivity contribution in [3.8, 4) is 5.75 Å². The molecule has 1 unspecified atom stereocenters. The molecule has 0 heterocycles. The molecule has 0 fully saturated rings. The predicted octanol–water partition coefficient (Wildman–Crippen LogP) is 2.69. The van der Waals surface area contributed by atoms with Crippen LogP contribution in [0.2, 0.25) is 13.1 Å². The summed E-state index contributed by atoms with van der Waals surface area (Å²) in [5.41, 5.74) is 2.01. The van der Waals surface area contributed by atoms with Gasteiger partial charge in [-0.25, -0.2) is 4.79 Å². The van der Waals surface area contributed by atoms with Crippen molar-refractivity contribution in [2.24, 2.45) is 0 Å². The van der Waals surface area contributed by atoms with E-state index in [9.17, 15) is 9.90 Å². The number of esters is 1. The quantitative estimate of drug-likeness (QED) is 0.671. The number of methoxy groups -OCH3 is 1. The van der Waals surface area contributed by atoms with Gasteiger partial charge in [-0.05, 0) is 35.7 Å². The molecule has 21 heavy (non-hydrogen) atoms. The number of benzene rings is 1. The molecular formula is C16H25O4Si. The Bertz CT molecular complexity index is 492. The number of hydrogen-bond acceptors (Lipinski definition) is 4. The smallest absolute Gasteiger partial charge is 0.335 e. The maximum absolute atomic E-state index is 11.4. The van der Waals surface area contributed by atoms with Crippen LogP contribution < -0.4 is 4.43 Å². The monoisotopic (exact) mass is 309 g/mol. The van der Waals surface area contributed by atoms with Crippen LogP contribution in [0.15, 0.2) is 18.2 Å². The molecule has 0 aromatic heterocycles. The van der Waals surface area contributed by atoms with Crippen molar-refractivity contribution < 1.29 is 19.1 Å². The third kappa shape index (κ3) is 5.17. The zero-order valence-corrected chi connectivity index (χ0v) is 14.7. The van der Waals surface area contributed by atoms with E-state index in [0.29, 0.717) is 0 Å². The highest BCUT2D eigenvalue weighted by Gasteiger charge is 2.21. The van der Waals surface area contributed by atoms with Gasteiger partial charge in [-0.15, -0.1) is 0 Å². The predicted molar refractivity (Wildman–Crippen MR) is 85.0 cm³/mol. The van der Waals surface area contributed by atoms with Gasteiger partial charge in [0.25, 0.3) is 9.04 Å². The van der Waals surface area contributed by atoms with E-state index in [1.165, 1.54) is 7.11 Å². The zero-order valence-electron chi connectivity index (χ0n) is 13.7. The zero-order chi connectivity index (χ0) is 16.2. The number of carbonyl (C=O) groups is 1. The molecule has 1 aromatic carbocycles. The molecule has 1 N–H and O–H groups in total. The van der Waals surface area contributed by atoms with Gasteiger partial charge in [-0.1, -0.05) is 32.9 Å². The second-order valence-corrected chi connectivity index (χ2v) is 8.35. The molecule has 1 radical (unpaired) electrons. The molecule has 4 nitrogen and oxygen atoms in total. The summed E-state index contributed by atoms with van der Waals surface area (Å²) in [5.74, 6) is 0.128. The van der Waals surface area contributed by atoms with Crippen LogP contribution in [0.3, 0.4) is 0 Å². The Balaban J connectivity index is 3.10. The van der Waals surface area contributed by atoms with E-state index < -0.39 is 21.1 Å². The van der Waals surface area contributed by atoms with Crippen LogP contribution in [0.1, 0.15) is 31.9 Å². The summed E-state index contributed by atoms with van der Waals surface area (Å²) >= 11 is 0. The maximum atomic E-state index is 11.4. The van der Waals surface area contributed by atoms with Gasteiger partial charge in [0.15, 0.2) is 6.10 Å². The number of hydrogen-bond donors (Lipinski definition) is 1. The molecule has 1 aromatic rings. The van der Waals surface area contributed by atoms with Gasteiger partial charge >= 0.3 is 5.97 Å². The summed E-state index contributed by atoms with van der Waals surface area (Å²) in [4.78, 5) is 11.4. The fourth-order valence-electron chi connectivity index (χ4n) is 1.93. The third-order valence-electron chi connectivity index (χ3n) is 3.13. The van der Waals surface area contributed by atoms with Gasteiger partial charge in [-0.2, -0.15) is 0 Å². The molecule has 0 spiro atoms. The lowest BCUT2D eigenvalue weighted by Crippen LogP contribution is -2.25. The molecule has 1 atom stereocenters. The molecule has 1 rings (SSSR count).